The molecule has 82 valence electrons. The Morgan fingerprint density at radius 1 is 1.50 bits per heavy atom. The number of rotatable bonds is 2. The zero-order valence-corrected chi connectivity index (χ0v) is 9.04. The molecule has 1 rings (SSSR count). The number of carbonyl (C=O) groups is 1. The molecular formula is C10H19NO3. The van der Waals surface area contributed by atoms with Crippen molar-refractivity contribution in [1.29, 1.82) is 0 Å². The smallest absolute Gasteiger partial charge is 0.407 e. The molecule has 14 heavy (non-hydrogen) atoms. The van der Waals surface area contributed by atoms with Crippen molar-refractivity contribution in [2.45, 2.75) is 45.3 Å². The van der Waals surface area contributed by atoms with E-state index in [1.54, 1.807) is 0 Å². The molecule has 1 fully saturated rings. The zero-order chi connectivity index (χ0) is 10.8. The second-order valence-corrected chi connectivity index (χ2v) is 4.79. The quantitative estimate of drug-likeness (QED) is 0.707. The number of ether oxygens (including phenoxy) is 1. The summed E-state index contributed by atoms with van der Waals surface area (Å²) in [5, 5.41) is 11.9. The Bertz CT molecular complexity index is 210. The molecule has 0 bridgehead atoms. The normalized spacial score (nSPS) is 26.6. The third kappa shape index (κ3) is 3.54. The van der Waals surface area contributed by atoms with Gasteiger partial charge in [-0.1, -0.05) is 0 Å². The maximum Gasteiger partial charge on any atom is 0.407 e. The molecule has 0 saturated heterocycles. The molecule has 0 radical (unpaired) electrons. The lowest BCUT2D eigenvalue weighted by Gasteiger charge is -2.32. The van der Waals surface area contributed by atoms with Gasteiger partial charge < -0.3 is 15.2 Å². The summed E-state index contributed by atoms with van der Waals surface area (Å²) < 4.78 is 5.06. The van der Waals surface area contributed by atoms with Crippen molar-refractivity contribution in [3.05, 3.63) is 0 Å². The van der Waals surface area contributed by atoms with Gasteiger partial charge in [-0.3, -0.25) is 0 Å². The summed E-state index contributed by atoms with van der Waals surface area (Å²) in [5.41, 5.74) is -0.456. The monoisotopic (exact) mass is 201 g/mol. The van der Waals surface area contributed by atoms with E-state index < -0.39 is 11.7 Å². The Balaban J connectivity index is 2.15. The van der Waals surface area contributed by atoms with Gasteiger partial charge in [0.15, 0.2) is 0 Å². The first kappa shape index (κ1) is 11.3. The summed E-state index contributed by atoms with van der Waals surface area (Å²) in [4.78, 5) is 11.2. The molecule has 2 N–H and O–H groups in total. The average molecular weight is 201 g/mol. The van der Waals surface area contributed by atoms with Gasteiger partial charge in [0.25, 0.3) is 0 Å². The lowest BCUT2D eigenvalue weighted by Crippen LogP contribution is -2.42. The van der Waals surface area contributed by atoms with E-state index in [1.807, 2.05) is 20.8 Å². The largest absolute Gasteiger partial charge is 0.444 e. The van der Waals surface area contributed by atoms with Crippen molar-refractivity contribution in [2.24, 2.45) is 5.92 Å². The molecular weight excluding hydrogens is 182 g/mol. The highest BCUT2D eigenvalue weighted by molar-refractivity contribution is 5.67. The van der Waals surface area contributed by atoms with Gasteiger partial charge in [-0.25, -0.2) is 4.79 Å². The minimum atomic E-state index is -0.456. The number of hydrogen-bond donors (Lipinski definition) is 2. The van der Waals surface area contributed by atoms with E-state index in [0.29, 0.717) is 6.54 Å². The molecule has 1 aliphatic carbocycles. The number of nitrogens with one attached hydrogen (secondary N) is 1. The van der Waals surface area contributed by atoms with Gasteiger partial charge in [-0.15, -0.1) is 0 Å². The fraction of sp³-hybridized carbons (Fsp3) is 0.900. The molecule has 0 aromatic carbocycles. The number of carbonyl (C=O) groups excluding carboxylic acids is 1. The standard InChI is InChI=1S/C10H19NO3/c1-10(2,3)14-9(13)11-6-7-4-5-8(7)12/h7-8,12H,4-6H2,1-3H3,(H,11,13)/t7-,8+/m0/s1. The van der Waals surface area contributed by atoms with Crippen LogP contribution in [0.3, 0.4) is 0 Å². The third-order valence-corrected chi connectivity index (χ3v) is 2.28. The first-order chi connectivity index (χ1) is 6.38. The van der Waals surface area contributed by atoms with E-state index >= 15 is 0 Å². The zero-order valence-electron chi connectivity index (χ0n) is 9.04. The molecule has 0 aromatic rings. The molecule has 1 aliphatic rings. The summed E-state index contributed by atoms with van der Waals surface area (Å²) in [6.07, 6.45) is 1.18. The highest BCUT2D eigenvalue weighted by atomic mass is 16.6. The number of alkyl carbamates (subject to hydrolysis) is 1. The third-order valence-electron chi connectivity index (χ3n) is 2.28. The Morgan fingerprint density at radius 2 is 2.14 bits per heavy atom. The number of amides is 1. The van der Waals surface area contributed by atoms with Crippen molar-refractivity contribution >= 4 is 6.09 Å². The highest BCUT2D eigenvalue weighted by Gasteiger charge is 2.29. The van der Waals surface area contributed by atoms with Crippen LogP contribution in [0, 0.1) is 5.92 Å². The summed E-state index contributed by atoms with van der Waals surface area (Å²) in [6.45, 7) is 5.98. The summed E-state index contributed by atoms with van der Waals surface area (Å²) >= 11 is 0. The Hall–Kier alpha value is -0.770. The molecule has 1 amide bonds. The molecule has 0 spiro atoms. The lowest BCUT2D eigenvalue weighted by molar-refractivity contribution is 0.0183. The molecule has 0 aromatic heterocycles. The van der Waals surface area contributed by atoms with Crippen molar-refractivity contribution in [2.75, 3.05) is 6.54 Å². The summed E-state index contributed by atoms with van der Waals surface area (Å²) in [6, 6.07) is 0. The molecule has 2 atom stereocenters. The minimum Gasteiger partial charge on any atom is -0.444 e. The van der Waals surface area contributed by atoms with Gasteiger partial charge in [-0.05, 0) is 33.6 Å². The van der Waals surface area contributed by atoms with Gasteiger partial charge in [0.2, 0.25) is 0 Å². The van der Waals surface area contributed by atoms with E-state index in [1.165, 1.54) is 0 Å². The van der Waals surface area contributed by atoms with E-state index in [9.17, 15) is 9.90 Å². The highest BCUT2D eigenvalue weighted by Crippen LogP contribution is 2.26. The van der Waals surface area contributed by atoms with Gasteiger partial charge >= 0.3 is 6.09 Å². The molecule has 1 saturated carbocycles. The van der Waals surface area contributed by atoms with Gasteiger partial charge in [-0.2, -0.15) is 0 Å². The van der Waals surface area contributed by atoms with Crippen molar-refractivity contribution in [3.63, 3.8) is 0 Å². The van der Waals surface area contributed by atoms with Crippen LogP contribution in [0.1, 0.15) is 33.6 Å². The van der Waals surface area contributed by atoms with Gasteiger partial charge in [0, 0.05) is 12.5 Å². The fourth-order valence-electron chi connectivity index (χ4n) is 1.32. The first-order valence-electron chi connectivity index (χ1n) is 5.03. The summed E-state index contributed by atoms with van der Waals surface area (Å²) in [7, 11) is 0. The lowest BCUT2D eigenvalue weighted by atomic mass is 9.82. The first-order valence-corrected chi connectivity index (χ1v) is 5.03. The predicted molar refractivity (Wildman–Crippen MR) is 53.0 cm³/mol. The summed E-state index contributed by atoms with van der Waals surface area (Å²) in [5.74, 6) is 0.211. The van der Waals surface area contributed by atoms with Crippen LogP contribution in [-0.2, 0) is 4.74 Å². The Labute approximate surface area is 84.6 Å². The van der Waals surface area contributed by atoms with E-state index in [2.05, 4.69) is 5.32 Å². The van der Waals surface area contributed by atoms with Crippen molar-refractivity contribution in [3.8, 4) is 0 Å². The van der Waals surface area contributed by atoms with Crippen LogP contribution in [0.2, 0.25) is 0 Å². The number of aliphatic hydroxyl groups excluding tert-OH is 1. The van der Waals surface area contributed by atoms with Crippen LogP contribution in [-0.4, -0.2) is 29.4 Å². The second-order valence-electron chi connectivity index (χ2n) is 4.79. The van der Waals surface area contributed by atoms with Crippen LogP contribution in [0.4, 0.5) is 4.79 Å². The predicted octanol–water partition coefficient (Wildman–Crippen LogP) is 1.28. The van der Waals surface area contributed by atoms with Crippen LogP contribution in [0.15, 0.2) is 0 Å². The van der Waals surface area contributed by atoms with Crippen LogP contribution >= 0.6 is 0 Å². The van der Waals surface area contributed by atoms with Crippen molar-refractivity contribution < 1.29 is 14.6 Å². The number of hydrogen-bond acceptors (Lipinski definition) is 3. The molecule has 0 heterocycles. The van der Waals surface area contributed by atoms with E-state index in [-0.39, 0.29) is 12.0 Å². The van der Waals surface area contributed by atoms with Crippen LogP contribution in [0.25, 0.3) is 0 Å². The molecule has 4 heteroatoms. The van der Waals surface area contributed by atoms with Crippen molar-refractivity contribution in [1.82, 2.24) is 5.32 Å². The Kier molecular flexibility index (Phi) is 3.37. The topological polar surface area (TPSA) is 58.6 Å². The SMILES string of the molecule is CC(C)(C)OC(=O)NC[C@@H]1CC[C@H]1O. The maximum absolute atomic E-state index is 11.2. The molecule has 4 nitrogen and oxygen atoms in total. The minimum absolute atomic E-state index is 0.211. The van der Waals surface area contributed by atoms with Gasteiger partial charge in [0.05, 0.1) is 6.10 Å². The van der Waals surface area contributed by atoms with E-state index in [4.69, 9.17) is 4.74 Å². The second kappa shape index (κ2) is 4.17. The average Bonchev–Trinajstić information content (AvgIpc) is 1.98. The maximum atomic E-state index is 11.2. The fourth-order valence-corrected chi connectivity index (χ4v) is 1.32. The van der Waals surface area contributed by atoms with Crippen LogP contribution in [0.5, 0.6) is 0 Å². The molecule has 0 unspecified atom stereocenters. The van der Waals surface area contributed by atoms with Crippen LogP contribution < -0.4 is 5.32 Å². The van der Waals surface area contributed by atoms with Gasteiger partial charge in [0.1, 0.15) is 5.60 Å². The molecule has 0 aliphatic heterocycles. The number of aliphatic hydroxyl groups is 1. The van der Waals surface area contributed by atoms with E-state index in [0.717, 1.165) is 12.8 Å². The Morgan fingerprint density at radius 3 is 2.50 bits per heavy atom.